The van der Waals surface area contributed by atoms with Crippen LogP contribution in [-0.2, 0) is 9.59 Å². The number of anilines is 2. The molecule has 1 aromatic carbocycles. The van der Waals surface area contributed by atoms with Crippen LogP contribution in [0.25, 0.3) is 11.3 Å². The zero-order chi connectivity index (χ0) is 21.3. The standard InChI is InChI=1S/C21H19FN4O4/c1-3-18(21(28)26-11-19(27)24-16-5-4-8-23-20(16)26)29-13-6-7-14(15(22)10-13)17-9-12(2)30-25-17/h4-10,18H,3,11H2,1-2H3,(H,24,27). The summed E-state index contributed by atoms with van der Waals surface area (Å²) < 4.78 is 25.3. The minimum Gasteiger partial charge on any atom is -0.480 e. The highest BCUT2D eigenvalue weighted by molar-refractivity contribution is 6.10. The van der Waals surface area contributed by atoms with Gasteiger partial charge in [-0.25, -0.2) is 9.37 Å². The van der Waals surface area contributed by atoms with Gasteiger partial charge in [0.25, 0.3) is 5.91 Å². The molecule has 1 N–H and O–H groups in total. The van der Waals surface area contributed by atoms with Crippen molar-refractivity contribution in [3.63, 3.8) is 0 Å². The number of nitrogens with zero attached hydrogens (tertiary/aromatic N) is 3. The van der Waals surface area contributed by atoms with E-state index in [2.05, 4.69) is 15.5 Å². The second kappa shape index (κ2) is 7.94. The number of nitrogens with one attached hydrogen (secondary N) is 1. The third-order valence-corrected chi connectivity index (χ3v) is 4.65. The maximum absolute atomic E-state index is 14.6. The predicted octanol–water partition coefficient (Wildman–Crippen LogP) is 3.33. The summed E-state index contributed by atoms with van der Waals surface area (Å²) in [4.78, 5) is 30.6. The van der Waals surface area contributed by atoms with Crippen molar-refractivity contribution < 1.29 is 23.2 Å². The predicted molar refractivity (Wildman–Crippen MR) is 107 cm³/mol. The average molecular weight is 410 g/mol. The molecule has 2 amide bonds. The van der Waals surface area contributed by atoms with Crippen LogP contribution in [0, 0.1) is 12.7 Å². The number of aromatic nitrogens is 2. The summed E-state index contributed by atoms with van der Waals surface area (Å²) in [7, 11) is 0. The first-order chi connectivity index (χ1) is 14.5. The minimum absolute atomic E-state index is 0.165. The number of carbonyl (C=O) groups is 2. The van der Waals surface area contributed by atoms with Crippen LogP contribution in [0.4, 0.5) is 15.9 Å². The highest BCUT2D eigenvalue weighted by Crippen LogP contribution is 2.29. The molecule has 1 aliphatic heterocycles. The lowest BCUT2D eigenvalue weighted by atomic mass is 10.1. The summed E-state index contributed by atoms with van der Waals surface area (Å²) >= 11 is 0. The van der Waals surface area contributed by atoms with Crippen molar-refractivity contribution in [2.75, 3.05) is 16.8 Å². The molecule has 9 heteroatoms. The lowest BCUT2D eigenvalue weighted by molar-refractivity contribution is -0.127. The lowest BCUT2D eigenvalue weighted by Crippen LogP contribution is -2.48. The van der Waals surface area contributed by atoms with Crippen molar-refractivity contribution in [1.29, 1.82) is 0 Å². The molecule has 1 aliphatic rings. The molecular formula is C21H19FN4O4. The van der Waals surface area contributed by atoms with Gasteiger partial charge in [0.05, 0.1) is 5.69 Å². The first-order valence-corrected chi connectivity index (χ1v) is 9.42. The number of ether oxygens (including phenoxy) is 1. The Morgan fingerprint density at radius 2 is 2.20 bits per heavy atom. The van der Waals surface area contributed by atoms with Crippen molar-refractivity contribution in [1.82, 2.24) is 10.1 Å². The zero-order valence-electron chi connectivity index (χ0n) is 16.4. The van der Waals surface area contributed by atoms with Crippen molar-refractivity contribution in [2.24, 2.45) is 0 Å². The number of pyridine rings is 1. The largest absolute Gasteiger partial charge is 0.480 e. The second-order valence-corrected chi connectivity index (χ2v) is 6.83. The van der Waals surface area contributed by atoms with Gasteiger partial charge in [-0.2, -0.15) is 0 Å². The van der Waals surface area contributed by atoms with Gasteiger partial charge in [0.15, 0.2) is 11.9 Å². The SMILES string of the molecule is CCC(Oc1ccc(-c2cc(C)on2)c(F)c1)C(=O)N1CC(=O)Nc2cccnc21. The van der Waals surface area contributed by atoms with Gasteiger partial charge >= 0.3 is 0 Å². The van der Waals surface area contributed by atoms with Crippen LogP contribution in [0.2, 0.25) is 0 Å². The average Bonchev–Trinajstić information content (AvgIpc) is 3.16. The molecule has 1 atom stereocenters. The van der Waals surface area contributed by atoms with Gasteiger partial charge in [0.2, 0.25) is 5.91 Å². The number of hydrogen-bond acceptors (Lipinski definition) is 6. The Hall–Kier alpha value is -3.75. The molecule has 30 heavy (non-hydrogen) atoms. The highest BCUT2D eigenvalue weighted by atomic mass is 19.1. The van der Waals surface area contributed by atoms with Crippen LogP contribution >= 0.6 is 0 Å². The quantitative estimate of drug-likeness (QED) is 0.693. The summed E-state index contributed by atoms with van der Waals surface area (Å²) in [6, 6.07) is 9.24. The van der Waals surface area contributed by atoms with E-state index in [1.807, 2.05) is 0 Å². The number of fused-ring (bicyclic) bond motifs is 1. The molecule has 8 nitrogen and oxygen atoms in total. The van der Waals surface area contributed by atoms with Crippen LogP contribution < -0.4 is 15.0 Å². The summed E-state index contributed by atoms with van der Waals surface area (Å²) in [5, 5.41) is 6.49. The number of amides is 2. The number of benzene rings is 1. The first kappa shape index (κ1) is 19.6. The van der Waals surface area contributed by atoms with Gasteiger partial charge in [-0.15, -0.1) is 0 Å². The summed E-state index contributed by atoms with van der Waals surface area (Å²) in [5.74, 6) is -0.180. The molecule has 0 saturated carbocycles. The molecule has 3 heterocycles. The monoisotopic (exact) mass is 410 g/mol. The molecule has 0 fully saturated rings. The second-order valence-electron chi connectivity index (χ2n) is 6.83. The van der Waals surface area contributed by atoms with Crippen molar-refractivity contribution in [2.45, 2.75) is 26.4 Å². The fourth-order valence-electron chi connectivity index (χ4n) is 3.22. The first-order valence-electron chi connectivity index (χ1n) is 9.42. The Bertz CT molecular complexity index is 1110. The fourth-order valence-corrected chi connectivity index (χ4v) is 3.22. The summed E-state index contributed by atoms with van der Waals surface area (Å²) in [5.41, 5.74) is 1.10. The minimum atomic E-state index is -0.912. The molecule has 0 radical (unpaired) electrons. The van der Waals surface area contributed by atoms with E-state index in [-0.39, 0.29) is 23.8 Å². The van der Waals surface area contributed by atoms with E-state index in [1.54, 1.807) is 38.1 Å². The van der Waals surface area contributed by atoms with E-state index in [4.69, 9.17) is 9.26 Å². The van der Waals surface area contributed by atoms with E-state index in [0.717, 1.165) is 0 Å². The molecule has 3 aromatic rings. The van der Waals surface area contributed by atoms with E-state index in [0.29, 0.717) is 29.4 Å². The number of aryl methyl sites for hydroxylation is 1. The van der Waals surface area contributed by atoms with Crippen LogP contribution in [0.15, 0.2) is 47.1 Å². The summed E-state index contributed by atoms with van der Waals surface area (Å²) in [6.07, 6.45) is 0.952. The zero-order valence-corrected chi connectivity index (χ0v) is 16.4. The third-order valence-electron chi connectivity index (χ3n) is 4.65. The Kier molecular flexibility index (Phi) is 5.18. The highest BCUT2D eigenvalue weighted by Gasteiger charge is 2.33. The molecular weight excluding hydrogens is 391 g/mol. The van der Waals surface area contributed by atoms with E-state index in [9.17, 15) is 14.0 Å². The number of halogens is 1. The molecule has 0 bridgehead atoms. The Morgan fingerprint density at radius 1 is 1.37 bits per heavy atom. The Morgan fingerprint density at radius 3 is 2.90 bits per heavy atom. The van der Waals surface area contributed by atoms with E-state index >= 15 is 0 Å². The van der Waals surface area contributed by atoms with Crippen molar-refractivity contribution >= 4 is 23.3 Å². The van der Waals surface area contributed by atoms with Gasteiger partial charge in [0, 0.05) is 23.9 Å². The number of hydrogen-bond donors (Lipinski definition) is 1. The van der Waals surface area contributed by atoms with Crippen molar-refractivity contribution in [3.8, 4) is 17.0 Å². The van der Waals surface area contributed by atoms with Crippen LogP contribution in [-0.4, -0.2) is 34.6 Å². The van der Waals surface area contributed by atoms with Gasteiger partial charge in [0.1, 0.15) is 29.6 Å². The van der Waals surface area contributed by atoms with Crippen molar-refractivity contribution in [3.05, 3.63) is 54.2 Å². The van der Waals surface area contributed by atoms with E-state index in [1.165, 1.54) is 23.2 Å². The van der Waals surface area contributed by atoms with Crippen LogP contribution in [0.5, 0.6) is 5.75 Å². The molecule has 0 aliphatic carbocycles. The lowest BCUT2D eigenvalue weighted by Gasteiger charge is -2.30. The van der Waals surface area contributed by atoms with Crippen LogP contribution in [0.3, 0.4) is 0 Å². The smallest absolute Gasteiger partial charge is 0.269 e. The molecule has 2 aromatic heterocycles. The maximum atomic E-state index is 14.6. The maximum Gasteiger partial charge on any atom is 0.269 e. The fraction of sp³-hybridized carbons (Fsp3) is 0.238. The number of rotatable bonds is 5. The van der Waals surface area contributed by atoms with Gasteiger partial charge in [-0.3, -0.25) is 14.5 Å². The molecule has 0 spiro atoms. The van der Waals surface area contributed by atoms with Gasteiger partial charge in [-0.1, -0.05) is 12.1 Å². The molecule has 1 unspecified atom stereocenters. The Labute approximate surface area is 171 Å². The van der Waals surface area contributed by atoms with Gasteiger partial charge in [-0.05, 0) is 37.6 Å². The van der Waals surface area contributed by atoms with Gasteiger partial charge < -0.3 is 14.6 Å². The molecule has 154 valence electrons. The van der Waals surface area contributed by atoms with E-state index < -0.39 is 17.8 Å². The normalized spacial score (nSPS) is 14.1. The Balaban J connectivity index is 1.56. The molecule has 0 saturated heterocycles. The van der Waals surface area contributed by atoms with Crippen LogP contribution in [0.1, 0.15) is 19.1 Å². The molecule has 4 rings (SSSR count). The topological polar surface area (TPSA) is 97.6 Å². The third kappa shape index (κ3) is 3.73. The summed E-state index contributed by atoms with van der Waals surface area (Å²) in [6.45, 7) is 3.33. The number of carbonyl (C=O) groups excluding carboxylic acids is 2.